The van der Waals surface area contributed by atoms with E-state index >= 15 is 0 Å². The van der Waals surface area contributed by atoms with E-state index in [1.807, 2.05) is 32.0 Å². The second-order valence-electron chi connectivity index (χ2n) is 4.93. The third kappa shape index (κ3) is 4.33. The van der Waals surface area contributed by atoms with Gasteiger partial charge in [0.2, 0.25) is 5.95 Å². The van der Waals surface area contributed by atoms with Crippen LogP contribution in [0.25, 0.3) is 0 Å². The highest BCUT2D eigenvalue weighted by Crippen LogP contribution is 2.06. The minimum atomic E-state index is -0.260. The summed E-state index contributed by atoms with van der Waals surface area (Å²) >= 11 is 5.12. The number of rotatable bonds is 3. The van der Waals surface area contributed by atoms with E-state index in [1.54, 1.807) is 12.1 Å². The first-order valence-electron chi connectivity index (χ1n) is 7.01. The molecule has 5 nitrogen and oxygen atoms in total. The van der Waals surface area contributed by atoms with E-state index < -0.39 is 0 Å². The Morgan fingerprint density at radius 3 is 2.27 bits per heavy atom. The smallest absolute Gasteiger partial charge is 0.257 e. The van der Waals surface area contributed by atoms with Gasteiger partial charge >= 0.3 is 0 Å². The summed E-state index contributed by atoms with van der Waals surface area (Å²) in [5.74, 6) is 0.119. The zero-order valence-corrected chi connectivity index (χ0v) is 13.6. The van der Waals surface area contributed by atoms with Crippen molar-refractivity contribution in [2.24, 2.45) is 0 Å². The molecule has 0 bridgehead atoms. The van der Waals surface area contributed by atoms with E-state index in [0.717, 1.165) is 17.8 Å². The van der Waals surface area contributed by atoms with Gasteiger partial charge in [-0.25, -0.2) is 9.97 Å². The predicted molar refractivity (Wildman–Crippen MR) is 91.0 cm³/mol. The number of nitrogens with one attached hydrogen (secondary N) is 2. The highest BCUT2D eigenvalue weighted by atomic mass is 32.1. The fourth-order valence-electron chi connectivity index (χ4n) is 1.98. The molecule has 0 aliphatic rings. The van der Waals surface area contributed by atoms with E-state index in [-0.39, 0.29) is 11.0 Å². The van der Waals surface area contributed by atoms with Crippen LogP contribution in [0.2, 0.25) is 0 Å². The van der Waals surface area contributed by atoms with Crippen LogP contribution >= 0.6 is 12.2 Å². The number of carbonyl (C=O) groups excluding carboxylic acids is 1. The number of aromatic nitrogens is 2. The lowest BCUT2D eigenvalue weighted by atomic mass is 10.1. The maximum Gasteiger partial charge on any atom is 0.257 e. The topological polar surface area (TPSA) is 66.9 Å². The van der Waals surface area contributed by atoms with Crippen molar-refractivity contribution in [2.75, 3.05) is 5.32 Å². The molecule has 0 aliphatic heterocycles. The summed E-state index contributed by atoms with van der Waals surface area (Å²) in [6, 6.07) is 9.28. The van der Waals surface area contributed by atoms with Gasteiger partial charge in [0, 0.05) is 17.0 Å². The van der Waals surface area contributed by atoms with E-state index in [9.17, 15) is 4.79 Å². The van der Waals surface area contributed by atoms with E-state index in [4.69, 9.17) is 12.2 Å². The molecule has 1 aromatic heterocycles. The Labute approximate surface area is 135 Å². The number of anilines is 1. The molecule has 1 amide bonds. The zero-order chi connectivity index (χ0) is 16.1. The maximum absolute atomic E-state index is 12.1. The van der Waals surface area contributed by atoms with Crippen molar-refractivity contribution >= 4 is 29.2 Å². The first kappa shape index (κ1) is 16.0. The summed E-state index contributed by atoms with van der Waals surface area (Å²) in [6.45, 7) is 5.81. The fraction of sp³-hybridized carbons (Fsp3) is 0.250. The van der Waals surface area contributed by atoms with Gasteiger partial charge < -0.3 is 5.32 Å². The van der Waals surface area contributed by atoms with Crippen molar-refractivity contribution in [3.8, 4) is 0 Å². The highest BCUT2D eigenvalue weighted by molar-refractivity contribution is 7.80. The lowest BCUT2D eigenvalue weighted by Crippen LogP contribution is -2.34. The molecule has 0 spiro atoms. The number of nitrogens with zero attached hydrogens (tertiary/aromatic N) is 2. The van der Waals surface area contributed by atoms with Crippen LogP contribution in [0, 0.1) is 13.8 Å². The summed E-state index contributed by atoms with van der Waals surface area (Å²) in [4.78, 5) is 20.5. The van der Waals surface area contributed by atoms with E-state index in [1.165, 1.54) is 5.56 Å². The zero-order valence-electron chi connectivity index (χ0n) is 12.8. The number of amides is 1. The summed E-state index contributed by atoms with van der Waals surface area (Å²) in [5.41, 5.74) is 3.40. The standard InChI is InChI=1S/C16H18N4OS/c1-4-12-5-7-13(8-6-12)14(21)19-16(22)20-15-17-10(2)9-11(3)18-15/h5-9H,4H2,1-3H3,(H2,17,18,19,20,21,22). The molecule has 0 aliphatic carbocycles. The Morgan fingerprint density at radius 2 is 1.73 bits per heavy atom. The molecule has 0 fully saturated rings. The monoisotopic (exact) mass is 314 g/mol. The second-order valence-corrected chi connectivity index (χ2v) is 5.34. The minimum absolute atomic E-state index is 0.176. The van der Waals surface area contributed by atoms with Crippen LogP contribution in [-0.2, 0) is 6.42 Å². The fourth-order valence-corrected chi connectivity index (χ4v) is 2.17. The van der Waals surface area contributed by atoms with Crippen LogP contribution in [0.1, 0.15) is 34.2 Å². The normalized spacial score (nSPS) is 10.1. The predicted octanol–water partition coefficient (Wildman–Crippen LogP) is 2.78. The third-order valence-corrected chi connectivity index (χ3v) is 3.26. The summed E-state index contributed by atoms with van der Waals surface area (Å²) in [7, 11) is 0. The molecule has 114 valence electrons. The Balaban J connectivity index is 2.00. The van der Waals surface area contributed by atoms with Crippen molar-refractivity contribution in [3.63, 3.8) is 0 Å². The molecular weight excluding hydrogens is 296 g/mol. The Bertz CT molecular complexity index is 678. The summed E-state index contributed by atoms with van der Waals surface area (Å²) in [6.07, 6.45) is 0.936. The number of carbonyl (C=O) groups is 1. The van der Waals surface area contributed by atoms with E-state index in [0.29, 0.717) is 11.5 Å². The average Bonchev–Trinajstić information content (AvgIpc) is 2.46. The molecule has 0 saturated heterocycles. The molecule has 0 unspecified atom stereocenters. The van der Waals surface area contributed by atoms with Crippen molar-refractivity contribution < 1.29 is 4.79 Å². The first-order valence-corrected chi connectivity index (χ1v) is 7.42. The summed E-state index contributed by atoms with van der Waals surface area (Å²) in [5, 5.41) is 5.62. The van der Waals surface area contributed by atoms with E-state index in [2.05, 4.69) is 27.5 Å². The van der Waals surface area contributed by atoms with Crippen molar-refractivity contribution in [2.45, 2.75) is 27.2 Å². The number of hydrogen-bond donors (Lipinski definition) is 2. The Kier molecular flexibility index (Phi) is 5.16. The maximum atomic E-state index is 12.1. The molecule has 2 aromatic rings. The molecule has 1 aromatic carbocycles. The quantitative estimate of drug-likeness (QED) is 0.853. The molecule has 1 heterocycles. The highest BCUT2D eigenvalue weighted by Gasteiger charge is 2.09. The van der Waals surface area contributed by atoms with Crippen LogP contribution in [0.3, 0.4) is 0 Å². The second kappa shape index (κ2) is 7.09. The van der Waals surface area contributed by atoms with Crippen LogP contribution in [0.4, 0.5) is 5.95 Å². The van der Waals surface area contributed by atoms with Crippen LogP contribution in [0.15, 0.2) is 30.3 Å². The lowest BCUT2D eigenvalue weighted by Gasteiger charge is -2.09. The SMILES string of the molecule is CCc1ccc(C(=O)NC(=S)Nc2nc(C)cc(C)n2)cc1. The van der Waals surface area contributed by atoms with Crippen LogP contribution < -0.4 is 10.6 Å². The number of aryl methyl sites for hydroxylation is 3. The van der Waals surface area contributed by atoms with Gasteiger partial charge in [0.25, 0.3) is 5.91 Å². The van der Waals surface area contributed by atoms with Gasteiger partial charge in [0.05, 0.1) is 0 Å². The molecule has 22 heavy (non-hydrogen) atoms. The Morgan fingerprint density at radius 1 is 1.14 bits per heavy atom. The molecule has 6 heteroatoms. The molecular formula is C16H18N4OS. The van der Waals surface area contributed by atoms with Crippen molar-refractivity contribution in [1.82, 2.24) is 15.3 Å². The van der Waals surface area contributed by atoms with Crippen LogP contribution in [0.5, 0.6) is 0 Å². The van der Waals surface area contributed by atoms with Crippen molar-refractivity contribution in [3.05, 3.63) is 52.8 Å². The van der Waals surface area contributed by atoms with Gasteiger partial charge in [0.1, 0.15) is 0 Å². The first-order chi connectivity index (χ1) is 10.5. The average molecular weight is 314 g/mol. The number of thiocarbonyl (C=S) groups is 1. The van der Waals surface area contributed by atoms with Gasteiger partial charge in [-0.3, -0.25) is 10.1 Å². The third-order valence-electron chi connectivity index (χ3n) is 3.06. The Hall–Kier alpha value is -2.34. The lowest BCUT2D eigenvalue weighted by molar-refractivity contribution is 0.0977. The minimum Gasteiger partial charge on any atom is -0.301 e. The number of benzene rings is 1. The molecule has 0 radical (unpaired) electrons. The van der Waals surface area contributed by atoms with Crippen molar-refractivity contribution in [1.29, 1.82) is 0 Å². The van der Waals surface area contributed by atoms with Gasteiger partial charge in [-0.15, -0.1) is 0 Å². The van der Waals surface area contributed by atoms with Gasteiger partial charge in [-0.05, 0) is 56.2 Å². The molecule has 0 saturated carbocycles. The number of hydrogen-bond acceptors (Lipinski definition) is 4. The van der Waals surface area contributed by atoms with Gasteiger partial charge in [-0.2, -0.15) is 0 Å². The summed E-state index contributed by atoms with van der Waals surface area (Å²) < 4.78 is 0. The largest absolute Gasteiger partial charge is 0.301 e. The molecule has 2 rings (SSSR count). The molecule has 2 N–H and O–H groups in total. The van der Waals surface area contributed by atoms with Gasteiger partial charge in [-0.1, -0.05) is 19.1 Å². The van der Waals surface area contributed by atoms with Crippen LogP contribution in [-0.4, -0.2) is 21.0 Å². The van der Waals surface area contributed by atoms with Gasteiger partial charge in [0.15, 0.2) is 5.11 Å². The molecule has 0 atom stereocenters.